The van der Waals surface area contributed by atoms with Gasteiger partial charge < -0.3 is 5.11 Å². The molecule has 23 heavy (non-hydrogen) atoms. The lowest BCUT2D eigenvalue weighted by molar-refractivity contribution is -0.135. The molecule has 0 aliphatic rings. The number of benzene rings is 2. The molecule has 0 heterocycles. The number of aryl methyl sites for hydroxylation is 1. The van der Waals surface area contributed by atoms with E-state index in [1.165, 1.54) is 12.1 Å². The van der Waals surface area contributed by atoms with Gasteiger partial charge in [-0.1, -0.05) is 17.7 Å². The minimum Gasteiger partial charge on any atom is -0.480 e. The summed E-state index contributed by atoms with van der Waals surface area (Å²) < 4.78 is 39.0. The Balaban J connectivity index is 2.55. The van der Waals surface area contributed by atoms with Crippen molar-refractivity contribution in [3.63, 3.8) is 0 Å². The molecular weight excluding hydrogens is 345 g/mol. The van der Waals surface area contributed by atoms with Gasteiger partial charge in [-0.2, -0.15) is 0 Å². The van der Waals surface area contributed by atoms with Crippen LogP contribution in [0.2, 0.25) is 5.02 Å². The van der Waals surface area contributed by atoms with Crippen LogP contribution in [-0.4, -0.2) is 26.0 Å². The van der Waals surface area contributed by atoms with Crippen LogP contribution in [0.5, 0.6) is 0 Å². The highest BCUT2D eigenvalue weighted by Crippen LogP contribution is 2.28. The van der Waals surface area contributed by atoms with Crippen LogP contribution >= 0.6 is 11.6 Å². The van der Waals surface area contributed by atoms with Crippen molar-refractivity contribution in [3.8, 4) is 0 Å². The fourth-order valence-electron chi connectivity index (χ4n) is 1.91. The van der Waals surface area contributed by atoms with Gasteiger partial charge in [0.1, 0.15) is 12.4 Å². The number of hydrogen-bond acceptors (Lipinski definition) is 3. The summed E-state index contributed by atoms with van der Waals surface area (Å²) in [4.78, 5) is 10.9. The second-order valence-electron chi connectivity index (χ2n) is 4.79. The van der Waals surface area contributed by atoms with Crippen LogP contribution in [-0.2, 0) is 14.8 Å². The van der Waals surface area contributed by atoms with E-state index in [1.807, 2.05) is 0 Å². The van der Waals surface area contributed by atoms with Gasteiger partial charge in [0.15, 0.2) is 0 Å². The van der Waals surface area contributed by atoms with Crippen molar-refractivity contribution in [1.29, 1.82) is 0 Å². The first-order valence-electron chi connectivity index (χ1n) is 6.48. The Morgan fingerprint density at radius 3 is 2.35 bits per heavy atom. The zero-order chi connectivity index (χ0) is 17.2. The van der Waals surface area contributed by atoms with E-state index in [9.17, 15) is 17.6 Å². The molecule has 0 aromatic heterocycles. The van der Waals surface area contributed by atoms with E-state index in [-0.39, 0.29) is 10.6 Å². The summed E-state index contributed by atoms with van der Waals surface area (Å²) in [6, 6.07) is 8.57. The van der Waals surface area contributed by atoms with Gasteiger partial charge in [-0.05, 0) is 48.9 Å². The van der Waals surface area contributed by atoms with Gasteiger partial charge >= 0.3 is 5.97 Å². The first kappa shape index (κ1) is 17.2. The number of nitrogens with zero attached hydrogens (tertiary/aromatic N) is 1. The topological polar surface area (TPSA) is 74.7 Å². The Morgan fingerprint density at radius 2 is 1.83 bits per heavy atom. The van der Waals surface area contributed by atoms with Crippen LogP contribution in [0.25, 0.3) is 0 Å². The Bertz CT molecular complexity index is 837. The summed E-state index contributed by atoms with van der Waals surface area (Å²) in [5.74, 6) is -1.92. The Hall–Kier alpha value is -2.12. The average Bonchev–Trinajstić information content (AvgIpc) is 2.48. The van der Waals surface area contributed by atoms with E-state index >= 15 is 0 Å². The molecule has 5 nitrogen and oxygen atoms in total. The van der Waals surface area contributed by atoms with Gasteiger partial charge in [0.2, 0.25) is 0 Å². The highest BCUT2D eigenvalue weighted by atomic mass is 35.5. The van der Waals surface area contributed by atoms with E-state index in [0.29, 0.717) is 9.33 Å². The van der Waals surface area contributed by atoms with Crippen molar-refractivity contribution < 1.29 is 22.7 Å². The minimum atomic E-state index is -4.17. The van der Waals surface area contributed by atoms with Crippen LogP contribution in [0.1, 0.15) is 5.56 Å². The fourth-order valence-corrected chi connectivity index (χ4v) is 3.49. The standard InChI is InChI=1S/C15H13ClFNO4S/c1-10-2-5-12(8-14(10)16)18(9-15(19)20)23(21,22)13-6-3-11(17)4-7-13/h2-8H,9H2,1H3,(H,19,20). The summed E-state index contributed by atoms with van der Waals surface area (Å²) >= 11 is 5.99. The molecule has 0 fully saturated rings. The quantitative estimate of drug-likeness (QED) is 0.892. The summed E-state index contributed by atoms with van der Waals surface area (Å²) in [6.45, 7) is 0.960. The number of rotatable bonds is 5. The minimum absolute atomic E-state index is 0.118. The van der Waals surface area contributed by atoms with Gasteiger partial charge in [-0.25, -0.2) is 12.8 Å². The van der Waals surface area contributed by atoms with Crippen molar-refractivity contribution in [2.24, 2.45) is 0 Å². The highest BCUT2D eigenvalue weighted by Gasteiger charge is 2.27. The van der Waals surface area contributed by atoms with E-state index in [0.717, 1.165) is 29.8 Å². The van der Waals surface area contributed by atoms with E-state index in [1.54, 1.807) is 13.0 Å². The zero-order valence-corrected chi connectivity index (χ0v) is 13.6. The molecule has 122 valence electrons. The number of carboxylic acids is 1. The molecule has 0 radical (unpaired) electrons. The number of carboxylic acid groups (broad SMARTS) is 1. The van der Waals surface area contributed by atoms with Crippen molar-refractivity contribution >= 4 is 33.3 Å². The van der Waals surface area contributed by atoms with E-state index < -0.39 is 28.4 Å². The van der Waals surface area contributed by atoms with Crippen LogP contribution in [0, 0.1) is 12.7 Å². The molecule has 0 amide bonds. The predicted molar refractivity (Wildman–Crippen MR) is 84.8 cm³/mol. The molecule has 8 heteroatoms. The lowest BCUT2D eigenvalue weighted by atomic mass is 10.2. The third kappa shape index (κ3) is 3.80. The molecule has 2 aromatic rings. The van der Waals surface area contributed by atoms with Crippen LogP contribution in [0.3, 0.4) is 0 Å². The Labute approximate surface area is 138 Å². The van der Waals surface area contributed by atoms with E-state index in [4.69, 9.17) is 16.7 Å². The van der Waals surface area contributed by atoms with Crippen molar-refractivity contribution in [2.75, 3.05) is 10.8 Å². The summed E-state index contributed by atoms with van der Waals surface area (Å²) in [5.41, 5.74) is 0.845. The van der Waals surface area contributed by atoms with Gasteiger partial charge in [-0.15, -0.1) is 0 Å². The molecular formula is C15H13ClFNO4S. The SMILES string of the molecule is Cc1ccc(N(CC(=O)O)S(=O)(=O)c2ccc(F)cc2)cc1Cl. The fraction of sp³-hybridized carbons (Fsp3) is 0.133. The smallest absolute Gasteiger partial charge is 0.324 e. The predicted octanol–water partition coefficient (Wildman–Crippen LogP) is 3.07. The largest absolute Gasteiger partial charge is 0.480 e. The number of aliphatic carboxylic acids is 1. The van der Waals surface area contributed by atoms with Crippen molar-refractivity contribution in [3.05, 3.63) is 58.9 Å². The molecule has 0 bridgehead atoms. The molecule has 0 unspecified atom stereocenters. The Morgan fingerprint density at radius 1 is 1.22 bits per heavy atom. The molecule has 0 atom stereocenters. The monoisotopic (exact) mass is 357 g/mol. The second-order valence-corrected chi connectivity index (χ2v) is 7.06. The van der Waals surface area contributed by atoms with Crippen LogP contribution in [0.4, 0.5) is 10.1 Å². The number of halogens is 2. The molecule has 2 rings (SSSR count). The molecule has 0 aliphatic heterocycles. The number of hydrogen-bond donors (Lipinski definition) is 1. The van der Waals surface area contributed by atoms with Gasteiger partial charge in [0.25, 0.3) is 10.0 Å². The number of sulfonamides is 1. The maximum Gasteiger partial charge on any atom is 0.324 e. The van der Waals surface area contributed by atoms with Crippen LogP contribution in [0.15, 0.2) is 47.4 Å². The molecule has 0 spiro atoms. The lowest BCUT2D eigenvalue weighted by Crippen LogP contribution is -2.35. The average molecular weight is 358 g/mol. The molecule has 0 saturated heterocycles. The lowest BCUT2D eigenvalue weighted by Gasteiger charge is -2.23. The Kier molecular flexibility index (Phi) is 4.91. The number of anilines is 1. The first-order chi connectivity index (χ1) is 10.7. The van der Waals surface area contributed by atoms with Gasteiger partial charge in [0.05, 0.1) is 10.6 Å². The maximum atomic E-state index is 13.0. The number of carbonyl (C=O) groups is 1. The molecule has 1 N–H and O–H groups in total. The second kappa shape index (κ2) is 6.55. The van der Waals surface area contributed by atoms with E-state index in [2.05, 4.69) is 0 Å². The first-order valence-corrected chi connectivity index (χ1v) is 8.30. The van der Waals surface area contributed by atoms with Crippen molar-refractivity contribution in [2.45, 2.75) is 11.8 Å². The highest BCUT2D eigenvalue weighted by molar-refractivity contribution is 7.92. The van der Waals surface area contributed by atoms with Gasteiger partial charge in [0, 0.05) is 5.02 Å². The summed E-state index contributed by atoms with van der Waals surface area (Å²) in [7, 11) is -4.17. The summed E-state index contributed by atoms with van der Waals surface area (Å²) in [5, 5.41) is 9.34. The third-order valence-electron chi connectivity index (χ3n) is 3.12. The van der Waals surface area contributed by atoms with Gasteiger partial charge in [-0.3, -0.25) is 9.10 Å². The molecule has 0 saturated carbocycles. The normalized spacial score (nSPS) is 11.3. The molecule has 0 aliphatic carbocycles. The summed E-state index contributed by atoms with van der Waals surface area (Å²) in [6.07, 6.45) is 0. The molecule has 2 aromatic carbocycles. The third-order valence-corrected chi connectivity index (χ3v) is 5.32. The van der Waals surface area contributed by atoms with Crippen LogP contribution < -0.4 is 4.31 Å². The van der Waals surface area contributed by atoms with Crippen molar-refractivity contribution in [1.82, 2.24) is 0 Å². The maximum absolute atomic E-state index is 13.0. The zero-order valence-electron chi connectivity index (χ0n) is 12.0.